The van der Waals surface area contributed by atoms with E-state index in [1.165, 1.54) is 0 Å². The van der Waals surface area contributed by atoms with Crippen LogP contribution in [0, 0.1) is 5.92 Å². The van der Waals surface area contributed by atoms with Crippen LogP contribution in [0.1, 0.15) is 24.2 Å². The van der Waals surface area contributed by atoms with Crippen LogP contribution >= 0.6 is 0 Å². The van der Waals surface area contributed by atoms with Crippen LogP contribution in [-0.4, -0.2) is 29.9 Å². The molecular weight excluding hydrogens is 362 g/mol. The summed E-state index contributed by atoms with van der Waals surface area (Å²) in [6.45, 7) is 3.69. The summed E-state index contributed by atoms with van der Waals surface area (Å²) in [4.78, 5) is 39.0. The number of ether oxygens (including phenoxy) is 1. The van der Waals surface area contributed by atoms with Crippen molar-refractivity contribution in [3.63, 3.8) is 0 Å². The number of anilines is 1. The van der Waals surface area contributed by atoms with Crippen molar-refractivity contribution in [1.82, 2.24) is 10.3 Å². The molecule has 1 unspecified atom stereocenters. The quantitative estimate of drug-likeness (QED) is 0.605. The van der Waals surface area contributed by atoms with Gasteiger partial charge in [0.05, 0.1) is 12.6 Å². The maximum absolute atomic E-state index is 12.7. The number of aromatic amines is 1. The van der Waals surface area contributed by atoms with Gasteiger partial charge in [-0.2, -0.15) is 0 Å². The van der Waals surface area contributed by atoms with Crippen molar-refractivity contribution < 1.29 is 18.7 Å². The third kappa shape index (κ3) is 4.22. The van der Waals surface area contributed by atoms with E-state index in [0.29, 0.717) is 28.1 Å². The van der Waals surface area contributed by atoms with E-state index in [-0.39, 0.29) is 17.7 Å². The summed E-state index contributed by atoms with van der Waals surface area (Å²) in [5.41, 5.74) is 1.79. The molecule has 0 saturated carbocycles. The minimum absolute atomic E-state index is 0.139. The second-order valence-electron chi connectivity index (χ2n) is 6.64. The molecule has 0 aliphatic rings. The molecule has 0 aliphatic heterocycles. The molecule has 28 heavy (non-hydrogen) atoms. The van der Waals surface area contributed by atoms with Gasteiger partial charge in [-0.05, 0) is 48.4 Å². The van der Waals surface area contributed by atoms with E-state index in [1.54, 1.807) is 49.6 Å². The first-order chi connectivity index (χ1) is 13.4. The van der Waals surface area contributed by atoms with Gasteiger partial charge in [-0.15, -0.1) is 0 Å². The number of hydrogen-bond acceptors (Lipinski definition) is 5. The zero-order valence-corrected chi connectivity index (χ0v) is 15.7. The number of nitrogens with one attached hydrogen (secondary N) is 3. The molecule has 8 heteroatoms. The Kier molecular flexibility index (Phi) is 5.49. The zero-order chi connectivity index (χ0) is 20.3. The van der Waals surface area contributed by atoms with E-state index in [4.69, 9.17) is 9.15 Å². The van der Waals surface area contributed by atoms with Crippen LogP contribution in [0.3, 0.4) is 0 Å². The normalized spacial score (nSPS) is 12.0. The Bertz CT molecular complexity index is 1050. The van der Waals surface area contributed by atoms with Crippen LogP contribution < -0.4 is 21.1 Å². The Morgan fingerprint density at radius 2 is 1.82 bits per heavy atom. The molecule has 8 nitrogen and oxygen atoms in total. The van der Waals surface area contributed by atoms with E-state index in [1.807, 2.05) is 13.8 Å². The van der Waals surface area contributed by atoms with Crippen molar-refractivity contribution >= 4 is 28.6 Å². The van der Waals surface area contributed by atoms with Gasteiger partial charge in [-0.1, -0.05) is 13.8 Å². The number of H-pyrrole nitrogens is 1. The molecule has 1 atom stereocenters. The molecule has 1 aromatic heterocycles. The molecule has 0 radical (unpaired) electrons. The van der Waals surface area contributed by atoms with E-state index in [2.05, 4.69) is 15.6 Å². The number of carbonyl (C=O) groups is 2. The number of fused-ring (bicyclic) bond motifs is 1. The summed E-state index contributed by atoms with van der Waals surface area (Å²) >= 11 is 0. The van der Waals surface area contributed by atoms with Gasteiger partial charge in [0.25, 0.3) is 5.91 Å². The molecule has 2 amide bonds. The number of oxazole rings is 1. The highest BCUT2D eigenvalue weighted by atomic mass is 16.5. The van der Waals surface area contributed by atoms with Crippen molar-refractivity contribution in [3.8, 4) is 5.75 Å². The van der Waals surface area contributed by atoms with Gasteiger partial charge in [-0.3, -0.25) is 14.6 Å². The highest BCUT2D eigenvalue weighted by Gasteiger charge is 2.25. The molecule has 0 aliphatic carbocycles. The van der Waals surface area contributed by atoms with Crippen LogP contribution in [0.2, 0.25) is 0 Å². The molecule has 3 rings (SSSR count). The van der Waals surface area contributed by atoms with Crippen LogP contribution in [0.4, 0.5) is 5.69 Å². The van der Waals surface area contributed by atoms with Crippen molar-refractivity contribution in [2.45, 2.75) is 19.9 Å². The molecule has 0 fully saturated rings. The largest absolute Gasteiger partial charge is 0.497 e. The molecule has 2 aromatic carbocycles. The van der Waals surface area contributed by atoms with Gasteiger partial charge >= 0.3 is 5.76 Å². The Morgan fingerprint density at radius 1 is 1.11 bits per heavy atom. The van der Waals surface area contributed by atoms with Crippen LogP contribution in [0.25, 0.3) is 11.1 Å². The van der Waals surface area contributed by atoms with Crippen molar-refractivity contribution in [3.05, 3.63) is 58.6 Å². The second-order valence-corrected chi connectivity index (χ2v) is 6.64. The second kappa shape index (κ2) is 7.99. The Morgan fingerprint density at radius 3 is 2.46 bits per heavy atom. The number of hydrogen-bond donors (Lipinski definition) is 3. The fourth-order valence-corrected chi connectivity index (χ4v) is 2.75. The van der Waals surface area contributed by atoms with Crippen LogP contribution in [0.15, 0.2) is 51.7 Å². The number of rotatable bonds is 6. The molecule has 0 spiro atoms. The van der Waals surface area contributed by atoms with Gasteiger partial charge in [0, 0.05) is 11.3 Å². The highest BCUT2D eigenvalue weighted by molar-refractivity contribution is 6.01. The minimum atomic E-state index is -0.742. The lowest BCUT2D eigenvalue weighted by molar-refractivity contribution is -0.118. The summed E-state index contributed by atoms with van der Waals surface area (Å²) in [5, 5.41) is 5.53. The Hall–Kier alpha value is -3.55. The lowest BCUT2D eigenvalue weighted by Gasteiger charge is -2.22. The average molecular weight is 383 g/mol. The van der Waals surface area contributed by atoms with Gasteiger partial charge in [0.2, 0.25) is 5.91 Å². The van der Waals surface area contributed by atoms with Crippen molar-refractivity contribution in [1.29, 1.82) is 0 Å². The molecule has 146 valence electrons. The fraction of sp³-hybridized carbons (Fsp3) is 0.250. The predicted octanol–water partition coefficient (Wildman–Crippen LogP) is 2.52. The van der Waals surface area contributed by atoms with Gasteiger partial charge in [0.15, 0.2) is 5.58 Å². The molecule has 3 aromatic rings. The Balaban J connectivity index is 1.73. The zero-order valence-electron chi connectivity index (χ0n) is 15.7. The summed E-state index contributed by atoms with van der Waals surface area (Å²) in [7, 11) is 1.55. The average Bonchev–Trinajstić information content (AvgIpc) is 3.04. The maximum Gasteiger partial charge on any atom is 0.417 e. The first-order valence-corrected chi connectivity index (χ1v) is 8.76. The molecule has 0 bridgehead atoms. The maximum atomic E-state index is 12.7. The summed E-state index contributed by atoms with van der Waals surface area (Å²) in [5.74, 6) is -0.777. The van der Waals surface area contributed by atoms with Crippen molar-refractivity contribution in [2.75, 3.05) is 12.4 Å². The summed E-state index contributed by atoms with van der Waals surface area (Å²) in [6.07, 6.45) is 0. The lowest BCUT2D eigenvalue weighted by Crippen LogP contribution is -2.47. The number of carbonyl (C=O) groups excluding carboxylic acids is 2. The molecular formula is C20H21N3O5. The third-order valence-electron chi connectivity index (χ3n) is 4.27. The SMILES string of the molecule is COc1ccc(C(=O)NC(C(=O)Nc2ccc3oc(=O)[nH]c3c2)C(C)C)cc1. The van der Waals surface area contributed by atoms with Crippen LogP contribution in [0.5, 0.6) is 5.75 Å². The lowest BCUT2D eigenvalue weighted by atomic mass is 10.0. The van der Waals surface area contributed by atoms with E-state index in [0.717, 1.165) is 0 Å². The molecule has 0 saturated heterocycles. The minimum Gasteiger partial charge on any atom is -0.497 e. The summed E-state index contributed by atoms with van der Waals surface area (Å²) < 4.78 is 10.0. The summed E-state index contributed by atoms with van der Waals surface area (Å²) in [6, 6.07) is 10.7. The smallest absolute Gasteiger partial charge is 0.417 e. The number of benzene rings is 2. The fourth-order valence-electron chi connectivity index (χ4n) is 2.75. The first kappa shape index (κ1) is 19.2. The number of amides is 2. The monoisotopic (exact) mass is 383 g/mol. The Labute approximate surface area is 160 Å². The predicted molar refractivity (Wildman–Crippen MR) is 105 cm³/mol. The topological polar surface area (TPSA) is 113 Å². The molecule has 3 N–H and O–H groups in total. The van der Waals surface area contributed by atoms with E-state index >= 15 is 0 Å². The van der Waals surface area contributed by atoms with Gasteiger partial charge in [-0.25, -0.2) is 4.79 Å². The highest BCUT2D eigenvalue weighted by Crippen LogP contribution is 2.17. The number of methoxy groups -OCH3 is 1. The third-order valence-corrected chi connectivity index (χ3v) is 4.27. The van der Waals surface area contributed by atoms with E-state index < -0.39 is 11.8 Å². The standard InChI is InChI=1S/C20H21N3O5/c1-11(2)17(23-18(24)12-4-7-14(27-3)8-5-12)19(25)21-13-6-9-16-15(10-13)22-20(26)28-16/h4-11,17H,1-3H3,(H,21,25)(H,22,26)(H,23,24). The molecule has 1 heterocycles. The first-order valence-electron chi connectivity index (χ1n) is 8.76. The van der Waals surface area contributed by atoms with Crippen LogP contribution in [-0.2, 0) is 4.79 Å². The van der Waals surface area contributed by atoms with Gasteiger partial charge < -0.3 is 19.8 Å². The van der Waals surface area contributed by atoms with Gasteiger partial charge in [0.1, 0.15) is 11.8 Å². The van der Waals surface area contributed by atoms with E-state index in [9.17, 15) is 14.4 Å². The number of aromatic nitrogens is 1. The van der Waals surface area contributed by atoms with Crippen molar-refractivity contribution in [2.24, 2.45) is 5.92 Å².